The SMILES string of the molecule is COc1cccc(NC(=O)c2cc(S(=O)(=O)N3CCCCC3)ccc2C)c1. The van der Waals surface area contributed by atoms with Crippen molar-refractivity contribution in [2.45, 2.75) is 31.1 Å². The van der Waals surface area contributed by atoms with Gasteiger partial charge in [0, 0.05) is 30.4 Å². The summed E-state index contributed by atoms with van der Waals surface area (Å²) in [4.78, 5) is 12.9. The Labute approximate surface area is 160 Å². The van der Waals surface area contributed by atoms with E-state index in [1.165, 1.54) is 10.4 Å². The van der Waals surface area contributed by atoms with E-state index in [0.717, 1.165) is 19.3 Å². The fourth-order valence-corrected chi connectivity index (χ4v) is 4.70. The van der Waals surface area contributed by atoms with Crippen LogP contribution in [0.5, 0.6) is 5.75 Å². The Hall–Kier alpha value is -2.38. The van der Waals surface area contributed by atoms with Crippen molar-refractivity contribution < 1.29 is 17.9 Å². The summed E-state index contributed by atoms with van der Waals surface area (Å²) in [5.41, 5.74) is 1.65. The molecular formula is C20H24N2O4S. The molecule has 3 rings (SSSR count). The number of carbonyl (C=O) groups excluding carboxylic acids is 1. The molecule has 0 bridgehead atoms. The first-order valence-corrected chi connectivity index (χ1v) is 10.4. The second-order valence-electron chi connectivity index (χ2n) is 6.63. The summed E-state index contributed by atoms with van der Waals surface area (Å²) < 4.78 is 32.5. The Morgan fingerprint density at radius 2 is 1.81 bits per heavy atom. The number of amides is 1. The zero-order valence-corrected chi connectivity index (χ0v) is 16.4. The highest BCUT2D eigenvalue weighted by atomic mass is 32.2. The van der Waals surface area contributed by atoms with Gasteiger partial charge in [0.15, 0.2) is 0 Å². The average Bonchev–Trinajstić information content (AvgIpc) is 2.69. The maximum atomic E-state index is 12.9. The van der Waals surface area contributed by atoms with Gasteiger partial charge in [-0.05, 0) is 49.6 Å². The van der Waals surface area contributed by atoms with Crippen molar-refractivity contribution in [1.29, 1.82) is 0 Å². The van der Waals surface area contributed by atoms with Crippen molar-refractivity contribution in [2.24, 2.45) is 0 Å². The summed E-state index contributed by atoms with van der Waals surface area (Å²) in [5.74, 6) is 0.280. The lowest BCUT2D eigenvalue weighted by molar-refractivity contribution is 0.102. The molecule has 7 heteroatoms. The molecule has 1 aliphatic heterocycles. The lowest BCUT2D eigenvalue weighted by Crippen LogP contribution is -2.35. The van der Waals surface area contributed by atoms with Gasteiger partial charge in [0.2, 0.25) is 10.0 Å². The molecule has 27 heavy (non-hydrogen) atoms. The van der Waals surface area contributed by atoms with Crippen molar-refractivity contribution in [3.05, 3.63) is 53.6 Å². The molecule has 0 aliphatic carbocycles. The molecule has 0 unspecified atom stereocenters. The number of nitrogens with zero attached hydrogens (tertiary/aromatic N) is 1. The molecule has 0 aromatic heterocycles. The molecule has 6 nitrogen and oxygen atoms in total. The Morgan fingerprint density at radius 3 is 2.52 bits per heavy atom. The molecule has 1 saturated heterocycles. The van der Waals surface area contributed by atoms with Gasteiger partial charge in [-0.25, -0.2) is 8.42 Å². The number of hydrogen-bond donors (Lipinski definition) is 1. The number of ether oxygens (including phenoxy) is 1. The van der Waals surface area contributed by atoms with E-state index in [1.807, 2.05) is 0 Å². The quantitative estimate of drug-likeness (QED) is 0.851. The van der Waals surface area contributed by atoms with Crippen LogP contribution in [0.4, 0.5) is 5.69 Å². The molecule has 2 aromatic carbocycles. The molecule has 2 aromatic rings. The van der Waals surface area contributed by atoms with Crippen LogP contribution in [0.3, 0.4) is 0 Å². The van der Waals surface area contributed by atoms with Gasteiger partial charge in [-0.15, -0.1) is 0 Å². The number of nitrogens with one attached hydrogen (secondary N) is 1. The molecule has 0 atom stereocenters. The van der Waals surface area contributed by atoms with Gasteiger partial charge in [-0.1, -0.05) is 18.6 Å². The van der Waals surface area contributed by atoms with Crippen LogP contribution in [0.15, 0.2) is 47.4 Å². The number of piperidine rings is 1. The van der Waals surface area contributed by atoms with Gasteiger partial charge in [-0.2, -0.15) is 4.31 Å². The van der Waals surface area contributed by atoms with Crippen molar-refractivity contribution >= 4 is 21.6 Å². The van der Waals surface area contributed by atoms with Crippen LogP contribution >= 0.6 is 0 Å². The van der Waals surface area contributed by atoms with E-state index >= 15 is 0 Å². The maximum Gasteiger partial charge on any atom is 0.255 e. The smallest absolute Gasteiger partial charge is 0.255 e. The highest BCUT2D eigenvalue weighted by molar-refractivity contribution is 7.89. The molecule has 0 spiro atoms. The number of benzene rings is 2. The van der Waals surface area contributed by atoms with Gasteiger partial charge < -0.3 is 10.1 Å². The summed E-state index contributed by atoms with van der Waals surface area (Å²) in [6.45, 7) is 2.85. The van der Waals surface area contributed by atoms with Crippen molar-refractivity contribution in [1.82, 2.24) is 4.31 Å². The van der Waals surface area contributed by atoms with E-state index in [-0.39, 0.29) is 10.8 Å². The largest absolute Gasteiger partial charge is 0.497 e. The lowest BCUT2D eigenvalue weighted by Gasteiger charge is -2.26. The number of hydrogen-bond acceptors (Lipinski definition) is 4. The predicted octanol–water partition coefficient (Wildman–Crippen LogP) is 3.43. The monoisotopic (exact) mass is 388 g/mol. The second kappa shape index (κ2) is 8.10. The number of carbonyl (C=O) groups is 1. The Morgan fingerprint density at radius 1 is 1.07 bits per heavy atom. The number of methoxy groups -OCH3 is 1. The normalized spacial score (nSPS) is 15.3. The Balaban J connectivity index is 1.87. The van der Waals surface area contributed by atoms with E-state index in [1.54, 1.807) is 50.4 Å². The zero-order valence-electron chi connectivity index (χ0n) is 15.6. The van der Waals surface area contributed by atoms with E-state index in [2.05, 4.69) is 5.32 Å². The van der Waals surface area contributed by atoms with Gasteiger partial charge in [0.1, 0.15) is 5.75 Å². The van der Waals surface area contributed by atoms with Gasteiger partial charge in [0.05, 0.1) is 12.0 Å². The second-order valence-corrected chi connectivity index (χ2v) is 8.57. The minimum atomic E-state index is -3.59. The highest BCUT2D eigenvalue weighted by Gasteiger charge is 2.27. The highest BCUT2D eigenvalue weighted by Crippen LogP contribution is 2.24. The molecule has 0 saturated carbocycles. The van der Waals surface area contributed by atoms with E-state index < -0.39 is 10.0 Å². The van der Waals surface area contributed by atoms with Gasteiger partial charge in [-0.3, -0.25) is 4.79 Å². The molecule has 1 heterocycles. The summed E-state index contributed by atoms with van der Waals surface area (Å²) in [7, 11) is -2.03. The Kier molecular flexibility index (Phi) is 5.82. The van der Waals surface area contributed by atoms with Crippen LogP contribution in [-0.2, 0) is 10.0 Å². The van der Waals surface area contributed by atoms with Crippen LogP contribution in [0, 0.1) is 6.92 Å². The molecular weight excluding hydrogens is 364 g/mol. The van der Waals surface area contributed by atoms with E-state index in [0.29, 0.717) is 35.7 Å². The number of anilines is 1. The van der Waals surface area contributed by atoms with Crippen LogP contribution < -0.4 is 10.1 Å². The fourth-order valence-electron chi connectivity index (χ4n) is 3.16. The van der Waals surface area contributed by atoms with Gasteiger partial charge >= 0.3 is 0 Å². The van der Waals surface area contributed by atoms with Crippen LogP contribution in [0.25, 0.3) is 0 Å². The minimum absolute atomic E-state index is 0.158. The van der Waals surface area contributed by atoms with Gasteiger partial charge in [0.25, 0.3) is 5.91 Å². The first-order chi connectivity index (χ1) is 12.9. The van der Waals surface area contributed by atoms with Crippen molar-refractivity contribution in [3.63, 3.8) is 0 Å². The van der Waals surface area contributed by atoms with E-state index in [4.69, 9.17) is 4.74 Å². The third-order valence-corrected chi connectivity index (χ3v) is 6.63. The van der Waals surface area contributed by atoms with Crippen molar-refractivity contribution in [2.75, 3.05) is 25.5 Å². The molecule has 1 N–H and O–H groups in total. The average molecular weight is 388 g/mol. The summed E-state index contributed by atoms with van der Waals surface area (Å²) in [6, 6.07) is 11.7. The third kappa shape index (κ3) is 4.31. The summed E-state index contributed by atoms with van der Waals surface area (Å²) in [6.07, 6.45) is 2.79. The van der Waals surface area contributed by atoms with Crippen LogP contribution in [-0.4, -0.2) is 38.8 Å². The summed E-state index contributed by atoms with van der Waals surface area (Å²) >= 11 is 0. The topological polar surface area (TPSA) is 75.7 Å². The third-order valence-electron chi connectivity index (χ3n) is 4.73. The van der Waals surface area contributed by atoms with Crippen molar-refractivity contribution in [3.8, 4) is 5.75 Å². The molecule has 0 radical (unpaired) electrons. The molecule has 1 aliphatic rings. The fraction of sp³-hybridized carbons (Fsp3) is 0.350. The van der Waals surface area contributed by atoms with Crippen LogP contribution in [0.1, 0.15) is 35.2 Å². The number of rotatable bonds is 5. The first-order valence-electron chi connectivity index (χ1n) is 8.98. The van der Waals surface area contributed by atoms with Crippen LogP contribution in [0.2, 0.25) is 0 Å². The maximum absolute atomic E-state index is 12.9. The lowest BCUT2D eigenvalue weighted by atomic mass is 10.1. The predicted molar refractivity (Wildman–Crippen MR) is 105 cm³/mol. The molecule has 1 fully saturated rings. The zero-order chi connectivity index (χ0) is 19.4. The van der Waals surface area contributed by atoms with E-state index in [9.17, 15) is 13.2 Å². The summed E-state index contributed by atoms with van der Waals surface area (Å²) in [5, 5.41) is 2.80. The first kappa shape index (κ1) is 19.4. The number of sulfonamides is 1. The molecule has 1 amide bonds. The standard InChI is InChI=1S/C20H24N2O4S/c1-15-9-10-18(27(24,25)22-11-4-3-5-12-22)14-19(15)20(23)21-16-7-6-8-17(13-16)26-2/h6-10,13-14H,3-5,11-12H2,1-2H3,(H,21,23). The Bertz CT molecular complexity index is 935. The number of aryl methyl sites for hydroxylation is 1. The minimum Gasteiger partial charge on any atom is -0.497 e. The molecule has 144 valence electrons.